The number of hydrogen-bond donors (Lipinski definition) is 1. The van der Waals surface area contributed by atoms with Gasteiger partial charge in [0.15, 0.2) is 0 Å². The number of nitrogens with zero attached hydrogens (tertiary/aromatic N) is 4. The lowest BCUT2D eigenvalue weighted by molar-refractivity contribution is 0.0825. The van der Waals surface area contributed by atoms with Gasteiger partial charge in [0.05, 0.1) is 5.52 Å². The Morgan fingerprint density at radius 1 is 1.16 bits per heavy atom. The molecule has 25 heavy (non-hydrogen) atoms. The van der Waals surface area contributed by atoms with Crippen LogP contribution in [0.4, 0.5) is 5.69 Å². The Hall–Kier alpha value is -1.92. The molecule has 1 saturated heterocycles. The van der Waals surface area contributed by atoms with E-state index in [0.717, 1.165) is 41.7 Å². The van der Waals surface area contributed by atoms with E-state index in [9.17, 15) is 5.11 Å². The second kappa shape index (κ2) is 6.77. The maximum Gasteiger partial charge on any atom is 0.137 e. The number of pyridine rings is 1. The molecule has 3 heterocycles. The van der Waals surface area contributed by atoms with Gasteiger partial charge in [0, 0.05) is 54.3 Å². The molecule has 0 bridgehead atoms. The van der Waals surface area contributed by atoms with Crippen LogP contribution in [0.25, 0.3) is 10.9 Å². The van der Waals surface area contributed by atoms with Gasteiger partial charge >= 0.3 is 0 Å². The zero-order valence-electron chi connectivity index (χ0n) is 14.1. The van der Waals surface area contributed by atoms with E-state index >= 15 is 0 Å². The van der Waals surface area contributed by atoms with Crippen molar-refractivity contribution < 1.29 is 5.11 Å². The summed E-state index contributed by atoms with van der Waals surface area (Å²) in [6.07, 6.45) is 6.91. The summed E-state index contributed by atoms with van der Waals surface area (Å²) in [5.41, 5.74) is 2.23. The Morgan fingerprint density at radius 2 is 1.96 bits per heavy atom. The molecule has 0 radical (unpaired) electrons. The van der Waals surface area contributed by atoms with E-state index in [-0.39, 0.29) is 5.92 Å². The lowest BCUT2D eigenvalue weighted by Gasteiger charge is -2.35. The quantitative estimate of drug-likeness (QED) is 0.728. The van der Waals surface area contributed by atoms with Crippen molar-refractivity contribution in [1.29, 1.82) is 0 Å². The average molecular weight is 401 g/mol. The summed E-state index contributed by atoms with van der Waals surface area (Å²) in [5, 5.41) is 11.8. The van der Waals surface area contributed by atoms with Crippen molar-refractivity contribution in [3.8, 4) is 0 Å². The van der Waals surface area contributed by atoms with E-state index in [0.29, 0.717) is 0 Å². The number of rotatable bonds is 3. The molecular formula is C19H21BrN4O. The van der Waals surface area contributed by atoms with E-state index in [1.54, 1.807) is 6.20 Å². The van der Waals surface area contributed by atoms with Gasteiger partial charge in [-0.25, -0.2) is 4.98 Å². The van der Waals surface area contributed by atoms with Gasteiger partial charge in [-0.1, -0.05) is 15.9 Å². The van der Waals surface area contributed by atoms with Gasteiger partial charge < -0.3 is 14.6 Å². The van der Waals surface area contributed by atoms with Gasteiger partial charge in [-0.05, 0) is 43.0 Å². The van der Waals surface area contributed by atoms with Crippen LogP contribution in [0.2, 0.25) is 0 Å². The van der Waals surface area contributed by atoms with Crippen molar-refractivity contribution in [3.05, 3.63) is 53.2 Å². The molecule has 0 spiro atoms. The van der Waals surface area contributed by atoms with Crippen LogP contribution in [0.3, 0.4) is 0 Å². The Balaban J connectivity index is 1.53. The molecule has 0 amide bonds. The first-order valence-electron chi connectivity index (χ1n) is 8.58. The van der Waals surface area contributed by atoms with Crippen molar-refractivity contribution in [1.82, 2.24) is 14.5 Å². The van der Waals surface area contributed by atoms with Gasteiger partial charge in [-0.2, -0.15) is 0 Å². The van der Waals surface area contributed by atoms with Gasteiger partial charge in [-0.15, -0.1) is 0 Å². The molecule has 1 aromatic carbocycles. The van der Waals surface area contributed by atoms with E-state index in [4.69, 9.17) is 0 Å². The SMILES string of the molecule is Cn1ccnc1C(O)C1CCN(c2ccnc3ccc(Br)cc23)CC1. The predicted molar refractivity (Wildman–Crippen MR) is 103 cm³/mol. The van der Waals surface area contributed by atoms with Crippen molar-refractivity contribution in [2.45, 2.75) is 18.9 Å². The molecule has 4 rings (SSSR count). The molecule has 6 heteroatoms. The molecule has 1 aliphatic heterocycles. The maximum atomic E-state index is 10.7. The second-order valence-corrected chi connectivity index (χ2v) is 7.57. The Kier molecular flexibility index (Phi) is 4.48. The van der Waals surface area contributed by atoms with Crippen molar-refractivity contribution in [2.75, 3.05) is 18.0 Å². The Morgan fingerprint density at radius 3 is 2.68 bits per heavy atom. The average Bonchev–Trinajstić information content (AvgIpc) is 3.06. The number of halogens is 1. The van der Waals surface area contributed by atoms with Crippen LogP contribution in [0.15, 0.2) is 47.3 Å². The van der Waals surface area contributed by atoms with E-state index in [1.807, 2.05) is 36.1 Å². The standard InChI is InChI=1S/C19H21BrN4O/c1-23-11-8-22-19(23)18(25)13-5-9-24(10-6-13)17-4-7-21-16-3-2-14(20)12-15(16)17/h2-4,7-8,11-13,18,25H,5-6,9-10H2,1H3. The molecule has 5 nitrogen and oxygen atoms in total. The zero-order chi connectivity index (χ0) is 17.4. The highest BCUT2D eigenvalue weighted by Gasteiger charge is 2.29. The number of aliphatic hydroxyl groups is 1. The third kappa shape index (κ3) is 3.16. The number of aliphatic hydroxyl groups excluding tert-OH is 1. The van der Waals surface area contributed by atoms with Gasteiger partial charge in [0.2, 0.25) is 0 Å². The van der Waals surface area contributed by atoms with Crippen molar-refractivity contribution in [3.63, 3.8) is 0 Å². The van der Waals surface area contributed by atoms with Gasteiger partial charge in [0.25, 0.3) is 0 Å². The van der Waals surface area contributed by atoms with Crippen molar-refractivity contribution in [2.24, 2.45) is 13.0 Å². The number of fused-ring (bicyclic) bond motifs is 1. The van der Waals surface area contributed by atoms with Crippen LogP contribution in [0, 0.1) is 5.92 Å². The third-order valence-electron chi connectivity index (χ3n) is 5.13. The first-order valence-corrected chi connectivity index (χ1v) is 9.37. The molecule has 1 N–H and O–H groups in total. The minimum atomic E-state index is -0.495. The summed E-state index contributed by atoms with van der Waals surface area (Å²) in [7, 11) is 1.93. The summed E-state index contributed by atoms with van der Waals surface area (Å²) < 4.78 is 2.97. The molecule has 3 aromatic rings. The molecule has 130 valence electrons. The number of aromatic nitrogens is 3. The summed E-state index contributed by atoms with van der Waals surface area (Å²) in [6.45, 7) is 1.86. The van der Waals surface area contributed by atoms with E-state index in [1.165, 1.54) is 11.1 Å². The molecule has 1 aliphatic rings. The minimum absolute atomic E-state index is 0.247. The third-order valence-corrected chi connectivity index (χ3v) is 5.62. The van der Waals surface area contributed by atoms with E-state index < -0.39 is 6.10 Å². The molecule has 0 saturated carbocycles. The smallest absolute Gasteiger partial charge is 0.137 e. The molecule has 0 aliphatic carbocycles. The molecular weight excluding hydrogens is 380 g/mol. The highest BCUT2D eigenvalue weighted by atomic mass is 79.9. The molecule has 1 fully saturated rings. The lowest BCUT2D eigenvalue weighted by Crippen LogP contribution is -2.36. The minimum Gasteiger partial charge on any atom is -0.385 e. The number of anilines is 1. The number of imidazole rings is 1. The van der Waals surface area contributed by atoms with Crippen LogP contribution in [-0.4, -0.2) is 32.7 Å². The summed E-state index contributed by atoms with van der Waals surface area (Å²) >= 11 is 3.56. The fourth-order valence-corrected chi connectivity index (χ4v) is 4.07. The van der Waals surface area contributed by atoms with Crippen LogP contribution in [0.1, 0.15) is 24.8 Å². The predicted octanol–water partition coefficient (Wildman–Crippen LogP) is 3.68. The van der Waals surface area contributed by atoms with Crippen molar-refractivity contribution >= 4 is 32.5 Å². The molecule has 1 unspecified atom stereocenters. The van der Waals surface area contributed by atoms with Crippen LogP contribution >= 0.6 is 15.9 Å². The lowest BCUT2D eigenvalue weighted by atomic mass is 9.90. The fourth-order valence-electron chi connectivity index (χ4n) is 3.71. The summed E-state index contributed by atoms with van der Waals surface area (Å²) in [6, 6.07) is 8.28. The van der Waals surface area contributed by atoms with Gasteiger partial charge in [-0.3, -0.25) is 4.98 Å². The largest absolute Gasteiger partial charge is 0.385 e. The van der Waals surface area contributed by atoms with Crippen LogP contribution < -0.4 is 4.90 Å². The molecule has 1 atom stereocenters. The first-order chi connectivity index (χ1) is 12.1. The Bertz CT molecular complexity index is 886. The summed E-state index contributed by atoms with van der Waals surface area (Å²) in [5.74, 6) is 1.01. The zero-order valence-corrected chi connectivity index (χ0v) is 15.7. The normalized spacial score (nSPS) is 17.2. The topological polar surface area (TPSA) is 54.2 Å². The summed E-state index contributed by atoms with van der Waals surface area (Å²) in [4.78, 5) is 11.2. The van der Waals surface area contributed by atoms with Gasteiger partial charge in [0.1, 0.15) is 11.9 Å². The number of aryl methyl sites for hydroxylation is 1. The maximum absolute atomic E-state index is 10.7. The van der Waals surface area contributed by atoms with E-state index in [2.05, 4.69) is 42.9 Å². The second-order valence-electron chi connectivity index (χ2n) is 6.66. The fraction of sp³-hybridized carbons (Fsp3) is 0.368. The highest BCUT2D eigenvalue weighted by Crippen LogP contribution is 2.34. The number of piperidine rings is 1. The first kappa shape index (κ1) is 16.5. The monoisotopic (exact) mass is 400 g/mol. The van der Waals surface area contributed by atoms with Crippen LogP contribution in [-0.2, 0) is 7.05 Å². The molecule has 2 aromatic heterocycles. The Labute approximate surface area is 155 Å². The highest BCUT2D eigenvalue weighted by molar-refractivity contribution is 9.10. The number of hydrogen-bond acceptors (Lipinski definition) is 4. The number of benzene rings is 1. The van der Waals surface area contributed by atoms with Crippen LogP contribution in [0.5, 0.6) is 0 Å².